The molecule has 0 aromatic carbocycles. The van der Waals surface area contributed by atoms with Gasteiger partial charge >= 0.3 is 11.9 Å². The van der Waals surface area contributed by atoms with E-state index >= 15 is 0 Å². The van der Waals surface area contributed by atoms with Crippen LogP contribution >= 0.6 is 0 Å². The first-order chi connectivity index (χ1) is 11.8. The Labute approximate surface area is 152 Å². The molecule has 0 saturated carbocycles. The van der Waals surface area contributed by atoms with E-state index < -0.39 is 12.1 Å². The number of carbonyl (C=O) groups is 2. The zero-order valence-corrected chi connectivity index (χ0v) is 16.6. The van der Waals surface area contributed by atoms with Crippen molar-refractivity contribution in [1.29, 1.82) is 0 Å². The van der Waals surface area contributed by atoms with Crippen molar-refractivity contribution in [2.24, 2.45) is 5.41 Å². The highest BCUT2D eigenvalue weighted by Crippen LogP contribution is 2.15. The van der Waals surface area contributed by atoms with Gasteiger partial charge in [0.15, 0.2) is 6.10 Å². The summed E-state index contributed by atoms with van der Waals surface area (Å²) in [6, 6.07) is 0. The first-order valence-electron chi connectivity index (χ1n) is 9.40. The molecule has 0 amide bonds. The Bertz CT molecular complexity index is 361. The molecule has 25 heavy (non-hydrogen) atoms. The topological polar surface area (TPSA) is 71.1 Å². The highest BCUT2D eigenvalue weighted by Gasteiger charge is 2.24. The number of hydrogen-bond donors (Lipinski definition) is 0. The van der Waals surface area contributed by atoms with Gasteiger partial charge < -0.3 is 9.47 Å². The van der Waals surface area contributed by atoms with Gasteiger partial charge in [-0.05, 0) is 18.3 Å². The fourth-order valence-electron chi connectivity index (χ4n) is 1.89. The Morgan fingerprint density at radius 1 is 0.920 bits per heavy atom. The molecule has 0 fully saturated rings. The van der Waals surface area contributed by atoms with Crippen LogP contribution in [-0.2, 0) is 28.8 Å². The van der Waals surface area contributed by atoms with Gasteiger partial charge in [0.25, 0.3) is 0 Å². The Morgan fingerprint density at radius 2 is 1.60 bits per heavy atom. The lowest BCUT2D eigenvalue weighted by Gasteiger charge is -2.21. The minimum Gasteiger partial charge on any atom is -0.463 e. The number of hydrogen-bond acceptors (Lipinski definition) is 6. The van der Waals surface area contributed by atoms with E-state index in [0.29, 0.717) is 19.4 Å². The molecule has 148 valence electrons. The predicted molar refractivity (Wildman–Crippen MR) is 95.9 cm³/mol. The van der Waals surface area contributed by atoms with Crippen LogP contribution in [0.3, 0.4) is 0 Å². The molecular weight excluding hydrogens is 324 g/mol. The number of ether oxygens (including phenoxy) is 2. The van der Waals surface area contributed by atoms with E-state index in [0.717, 1.165) is 32.1 Å². The highest BCUT2D eigenvalue weighted by molar-refractivity contribution is 5.74. The van der Waals surface area contributed by atoms with Crippen LogP contribution in [0, 0.1) is 5.41 Å². The van der Waals surface area contributed by atoms with Gasteiger partial charge in [-0.1, -0.05) is 60.3 Å². The molecular formula is C19H36O6. The minimum absolute atomic E-state index is 0.0920. The second-order valence-corrected chi connectivity index (χ2v) is 7.40. The van der Waals surface area contributed by atoms with Gasteiger partial charge in [-0.15, -0.1) is 0 Å². The second kappa shape index (κ2) is 14.1. The Morgan fingerprint density at radius 3 is 2.20 bits per heavy atom. The molecule has 0 saturated heterocycles. The minimum atomic E-state index is -0.748. The maximum atomic E-state index is 12.1. The molecule has 6 nitrogen and oxygen atoms in total. The number of esters is 2. The molecule has 0 radical (unpaired) electrons. The average molecular weight is 360 g/mol. The quantitative estimate of drug-likeness (QED) is 0.200. The number of rotatable bonds is 14. The summed E-state index contributed by atoms with van der Waals surface area (Å²) >= 11 is 0. The smallest absolute Gasteiger partial charge is 0.338 e. The van der Waals surface area contributed by atoms with E-state index in [1.165, 1.54) is 0 Å². The zero-order valence-electron chi connectivity index (χ0n) is 16.6. The lowest BCUT2D eigenvalue weighted by molar-refractivity contribution is -0.324. The zero-order chi connectivity index (χ0) is 19.1. The first-order valence-corrected chi connectivity index (χ1v) is 9.40. The maximum absolute atomic E-state index is 12.1. The number of unbranched alkanes of at least 4 members (excludes halogenated alkanes) is 3. The van der Waals surface area contributed by atoms with Crippen molar-refractivity contribution in [2.45, 2.75) is 85.7 Å². The molecule has 0 aliphatic carbocycles. The van der Waals surface area contributed by atoms with Gasteiger partial charge in [0.05, 0.1) is 6.61 Å². The summed E-state index contributed by atoms with van der Waals surface area (Å²) in [5.74, 6) is -0.649. The van der Waals surface area contributed by atoms with E-state index in [1.807, 2.05) is 27.7 Å². The first kappa shape index (κ1) is 23.9. The van der Waals surface area contributed by atoms with E-state index in [1.54, 1.807) is 0 Å². The van der Waals surface area contributed by atoms with Crippen molar-refractivity contribution in [3.05, 3.63) is 0 Å². The monoisotopic (exact) mass is 360 g/mol. The third-order valence-electron chi connectivity index (χ3n) is 3.33. The van der Waals surface area contributed by atoms with Crippen molar-refractivity contribution in [2.75, 3.05) is 19.8 Å². The third-order valence-corrected chi connectivity index (χ3v) is 3.33. The molecule has 0 N–H and O–H groups in total. The Kier molecular flexibility index (Phi) is 13.4. The fourth-order valence-corrected chi connectivity index (χ4v) is 1.89. The van der Waals surface area contributed by atoms with Crippen LogP contribution in [0.15, 0.2) is 0 Å². The molecule has 0 aromatic rings. The van der Waals surface area contributed by atoms with Crippen LogP contribution in [0.5, 0.6) is 0 Å². The van der Waals surface area contributed by atoms with Crippen LogP contribution in [0.2, 0.25) is 0 Å². The van der Waals surface area contributed by atoms with Crippen LogP contribution in [-0.4, -0.2) is 37.9 Å². The van der Waals surface area contributed by atoms with Gasteiger partial charge in [-0.25, -0.2) is 14.6 Å². The van der Waals surface area contributed by atoms with Gasteiger partial charge in [-0.3, -0.25) is 4.79 Å². The molecule has 0 aliphatic rings. The molecule has 0 aromatic heterocycles. The lowest BCUT2D eigenvalue weighted by atomic mass is 9.99. The fraction of sp³-hybridized carbons (Fsp3) is 0.895. The highest BCUT2D eigenvalue weighted by atomic mass is 17.2. The SMILES string of the molecule is CCCCCC(=O)OCCOOC(CCCC)C(=O)OCC(C)(C)C. The van der Waals surface area contributed by atoms with Crippen molar-refractivity contribution in [1.82, 2.24) is 0 Å². The summed E-state index contributed by atoms with van der Waals surface area (Å²) in [7, 11) is 0. The standard InChI is InChI=1S/C19H36O6/c1-6-8-10-12-17(20)22-13-14-24-25-16(11-9-7-2)18(21)23-15-19(3,4)5/h16H,6-15H2,1-5H3. The summed E-state index contributed by atoms with van der Waals surface area (Å²) in [6.45, 7) is 10.6. The van der Waals surface area contributed by atoms with Gasteiger partial charge in [0.1, 0.15) is 13.2 Å². The summed E-state index contributed by atoms with van der Waals surface area (Å²) in [4.78, 5) is 33.8. The van der Waals surface area contributed by atoms with Crippen molar-refractivity contribution in [3.63, 3.8) is 0 Å². The van der Waals surface area contributed by atoms with Crippen molar-refractivity contribution < 1.29 is 28.8 Å². The molecule has 0 spiro atoms. The average Bonchev–Trinajstić information content (AvgIpc) is 2.54. The molecule has 1 atom stereocenters. The molecule has 0 rings (SSSR count). The van der Waals surface area contributed by atoms with Crippen LogP contribution in [0.25, 0.3) is 0 Å². The van der Waals surface area contributed by atoms with Crippen LogP contribution in [0.4, 0.5) is 0 Å². The van der Waals surface area contributed by atoms with E-state index in [9.17, 15) is 9.59 Å². The molecule has 1 unspecified atom stereocenters. The summed E-state index contributed by atoms with van der Waals surface area (Å²) in [6.07, 6.45) is 4.92. The largest absolute Gasteiger partial charge is 0.463 e. The maximum Gasteiger partial charge on any atom is 0.338 e. The van der Waals surface area contributed by atoms with Gasteiger partial charge in [-0.2, -0.15) is 0 Å². The molecule has 6 heteroatoms. The summed E-state index contributed by atoms with van der Waals surface area (Å²) in [5.41, 5.74) is -0.0994. The molecule has 0 aliphatic heterocycles. The van der Waals surface area contributed by atoms with Gasteiger partial charge in [0, 0.05) is 6.42 Å². The van der Waals surface area contributed by atoms with E-state index in [4.69, 9.17) is 19.2 Å². The van der Waals surface area contributed by atoms with E-state index in [-0.39, 0.29) is 24.6 Å². The van der Waals surface area contributed by atoms with Crippen molar-refractivity contribution in [3.8, 4) is 0 Å². The van der Waals surface area contributed by atoms with Crippen LogP contribution in [0.1, 0.15) is 79.6 Å². The third kappa shape index (κ3) is 14.9. The van der Waals surface area contributed by atoms with Crippen LogP contribution < -0.4 is 0 Å². The molecule has 0 heterocycles. The van der Waals surface area contributed by atoms with Crippen molar-refractivity contribution >= 4 is 11.9 Å². The Hall–Kier alpha value is -1.14. The second-order valence-electron chi connectivity index (χ2n) is 7.40. The summed E-state index contributed by atoms with van der Waals surface area (Å²) < 4.78 is 10.3. The summed E-state index contributed by atoms with van der Waals surface area (Å²) in [5, 5.41) is 0. The normalized spacial score (nSPS) is 12.7. The van der Waals surface area contributed by atoms with E-state index in [2.05, 4.69) is 6.92 Å². The predicted octanol–water partition coefficient (Wildman–Crippen LogP) is 4.21. The lowest BCUT2D eigenvalue weighted by Crippen LogP contribution is -2.30. The van der Waals surface area contributed by atoms with Gasteiger partial charge in [0.2, 0.25) is 0 Å². The Balaban J connectivity index is 4.02. The molecule has 0 bridgehead atoms. The number of carbonyl (C=O) groups excluding carboxylic acids is 2.